The summed E-state index contributed by atoms with van der Waals surface area (Å²) in [6.07, 6.45) is 3.14. The van der Waals surface area contributed by atoms with Gasteiger partial charge in [-0.3, -0.25) is 10.1 Å². The molecule has 0 saturated heterocycles. The van der Waals surface area contributed by atoms with Crippen molar-refractivity contribution >= 4 is 11.9 Å². The third-order valence-electron chi connectivity index (χ3n) is 2.66. The van der Waals surface area contributed by atoms with Gasteiger partial charge in [0.25, 0.3) is 0 Å². The number of nitrogens with one attached hydrogen (secondary N) is 1. The van der Waals surface area contributed by atoms with Crippen LogP contribution in [-0.2, 0) is 11.8 Å². The molecule has 1 heterocycles. The molecule has 1 aliphatic carbocycles. The highest BCUT2D eigenvalue weighted by Gasteiger charge is 2.48. The average molecular weight is 195 g/mol. The van der Waals surface area contributed by atoms with E-state index in [2.05, 4.69) is 15.4 Å². The number of carbonyl (C=O) groups excluding carboxylic acids is 1. The first kappa shape index (κ1) is 9.14. The van der Waals surface area contributed by atoms with E-state index in [1.54, 1.807) is 7.05 Å². The predicted octanol–water partition coefficient (Wildman–Crippen LogP) is -0.508. The van der Waals surface area contributed by atoms with Gasteiger partial charge < -0.3 is 5.73 Å². The second-order valence-corrected chi connectivity index (χ2v) is 3.65. The van der Waals surface area contributed by atoms with Gasteiger partial charge in [0.15, 0.2) is 0 Å². The molecular weight excluding hydrogens is 182 g/mol. The van der Waals surface area contributed by atoms with E-state index >= 15 is 0 Å². The third kappa shape index (κ3) is 1.37. The van der Waals surface area contributed by atoms with Crippen molar-refractivity contribution in [3.63, 3.8) is 0 Å². The van der Waals surface area contributed by atoms with E-state index in [-0.39, 0.29) is 11.3 Å². The van der Waals surface area contributed by atoms with Gasteiger partial charge >= 0.3 is 0 Å². The van der Waals surface area contributed by atoms with E-state index in [1.807, 2.05) is 0 Å². The predicted molar refractivity (Wildman–Crippen MR) is 50.4 cm³/mol. The highest BCUT2D eigenvalue weighted by Crippen LogP contribution is 2.45. The number of aryl methyl sites for hydroxylation is 1. The Morgan fingerprint density at radius 3 is 2.93 bits per heavy atom. The van der Waals surface area contributed by atoms with Crippen molar-refractivity contribution < 1.29 is 4.79 Å². The fourth-order valence-electron chi connectivity index (χ4n) is 1.32. The van der Waals surface area contributed by atoms with Crippen LogP contribution in [0.25, 0.3) is 0 Å². The summed E-state index contributed by atoms with van der Waals surface area (Å²) in [4.78, 5) is 15.6. The summed E-state index contributed by atoms with van der Waals surface area (Å²) in [7, 11) is 1.73. The van der Waals surface area contributed by atoms with Gasteiger partial charge in [-0.25, -0.2) is 4.68 Å². The number of amides is 1. The van der Waals surface area contributed by atoms with Gasteiger partial charge in [0.2, 0.25) is 11.9 Å². The van der Waals surface area contributed by atoms with Crippen LogP contribution in [0.3, 0.4) is 0 Å². The lowest BCUT2D eigenvalue weighted by atomic mass is 10.1. The summed E-state index contributed by atoms with van der Waals surface area (Å²) in [5.74, 6) is 0.422. The lowest BCUT2D eigenvalue weighted by molar-refractivity contribution is -0.120. The Morgan fingerprint density at radius 2 is 2.50 bits per heavy atom. The molecule has 0 spiro atoms. The van der Waals surface area contributed by atoms with Crippen molar-refractivity contribution in [1.82, 2.24) is 14.8 Å². The molecule has 1 fully saturated rings. The monoisotopic (exact) mass is 195 g/mol. The van der Waals surface area contributed by atoms with Gasteiger partial charge in [-0.15, -0.1) is 0 Å². The average Bonchev–Trinajstić information content (AvgIpc) is 2.89. The Balaban J connectivity index is 2.05. The molecule has 1 aliphatic rings. The topological polar surface area (TPSA) is 85.8 Å². The molecular formula is C8H13N5O. The Kier molecular flexibility index (Phi) is 1.99. The molecule has 1 aromatic rings. The summed E-state index contributed by atoms with van der Waals surface area (Å²) in [6.45, 7) is 0.399. The lowest BCUT2D eigenvalue weighted by Crippen LogP contribution is -2.31. The Bertz CT molecular complexity index is 354. The molecule has 1 aromatic heterocycles. The molecule has 0 atom stereocenters. The van der Waals surface area contributed by atoms with Crippen LogP contribution in [0.1, 0.15) is 12.8 Å². The highest BCUT2D eigenvalue weighted by atomic mass is 16.2. The van der Waals surface area contributed by atoms with Gasteiger partial charge in [-0.1, -0.05) is 0 Å². The smallest absolute Gasteiger partial charge is 0.234 e. The summed E-state index contributed by atoms with van der Waals surface area (Å²) in [5.41, 5.74) is 5.19. The maximum absolute atomic E-state index is 11.7. The van der Waals surface area contributed by atoms with Crippen molar-refractivity contribution in [2.45, 2.75) is 12.8 Å². The molecule has 3 N–H and O–H groups in total. The highest BCUT2D eigenvalue weighted by molar-refractivity contribution is 5.96. The maximum Gasteiger partial charge on any atom is 0.234 e. The van der Waals surface area contributed by atoms with Crippen molar-refractivity contribution in [3.8, 4) is 0 Å². The van der Waals surface area contributed by atoms with Crippen LogP contribution < -0.4 is 11.1 Å². The summed E-state index contributed by atoms with van der Waals surface area (Å²) >= 11 is 0. The summed E-state index contributed by atoms with van der Waals surface area (Å²) in [5, 5.41) is 6.57. The van der Waals surface area contributed by atoms with Crippen LogP contribution >= 0.6 is 0 Å². The standard InChI is InChI=1S/C8H13N5O/c1-13-7(10-5-11-13)12-6(14)8(4-9)2-3-8/h5H,2-4,9H2,1H3,(H,10,11,12,14). The van der Waals surface area contributed by atoms with E-state index in [1.165, 1.54) is 11.0 Å². The van der Waals surface area contributed by atoms with E-state index in [0.29, 0.717) is 12.5 Å². The van der Waals surface area contributed by atoms with Crippen molar-refractivity contribution in [2.24, 2.45) is 18.2 Å². The molecule has 1 amide bonds. The second-order valence-electron chi connectivity index (χ2n) is 3.65. The van der Waals surface area contributed by atoms with Crippen molar-refractivity contribution in [1.29, 1.82) is 0 Å². The molecule has 6 nitrogen and oxygen atoms in total. The third-order valence-corrected chi connectivity index (χ3v) is 2.66. The fourth-order valence-corrected chi connectivity index (χ4v) is 1.32. The van der Waals surface area contributed by atoms with Gasteiger partial charge in [-0.05, 0) is 12.8 Å². The minimum absolute atomic E-state index is 0.0453. The van der Waals surface area contributed by atoms with Crippen LogP contribution in [0.2, 0.25) is 0 Å². The largest absolute Gasteiger partial charge is 0.329 e. The maximum atomic E-state index is 11.7. The quantitative estimate of drug-likeness (QED) is 0.680. The zero-order valence-electron chi connectivity index (χ0n) is 8.03. The van der Waals surface area contributed by atoms with E-state index in [9.17, 15) is 4.79 Å². The number of anilines is 1. The van der Waals surface area contributed by atoms with Crippen LogP contribution in [-0.4, -0.2) is 27.2 Å². The lowest BCUT2D eigenvalue weighted by Gasteiger charge is -2.11. The number of hydrogen-bond donors (Lipinski definition) is 2. The molecule has 0 bridgehead atoms. The van der Waals surface area contributed by atoms with E-state index < -0.39 is 0 Å². The minimum Gasteiger partial charge on any atom is -0.329 e. The SMILES string of the molecule is Cn1ncnc1NC(=O)C1(CN)CC1. The number of carbonyl (C=O) groups is 1. The molecule has 2 rings (SSSR count). The minimum atomic E-state index is -0.341. The molecule has 0 aromatic carbocycles. The van der Waals surface area contributed by atoms with Gasteiger partial charge in [-0.2, -0.15) is 10.1 Å². The normalized spacial score (nSPS) is 17.9. The van der Waals surface area contributed by atoms with Gasteiger partial charge in [0.05, 0.1) is 5.41 Å². The first-order chi connectivity index (χ1) is 6.68. The fraction of sp³-hybridized carbons (Fsp3) is 0.625. The number of aromatic nitrogens is 3. The van der Waals surface area contributed by atoms with E-state index in [4.69, 9.17) is 5.73 Å². The Morgan fingerprint density at radius 1 is 1.79 bits per heavy atom. The number of nitrogens with zero attached hydrogens (tertiary/aromatic N) is 3. The van der Waals surface area contributed by atoms with Gasteiger partial charge in [0.1, 0.15) is 6.33 Å². The Hall–Kier alpha value is -1.43. The zero-order valence-corrected chi connectivity index (χ0v) is 8.03. The Labute approximate surface area is 81.5 Å². The van der Waals surface area contributed by atoms with E-state index in [0.717, 1.165) is 12.8 Å². The zero-order chi connectivity index (χ0) is 10.2. The molecule has 6 heteroatoms. The molecule has 1 saturated carbocycles. The molecule has 0 radical (unpaired) electrons. The first-order valence-electron chi connectivity index (χ1n) is 4.53. The summed E-state index contributed by atoms with van der Waals surface area (Å²) in [6, 6.07) is 0. The number of rotatable bonds is 3. The van der Waals surface area contributed by atoms with Crippen LogP contribution in [0, 0.1) is 5.41 Å². The van der Waals surface area contributed by atoms with Crippen molar-refractivity contribution in [2.75, 3.05) is 11.9 Å². The van der Waals surface area contributed by atoms with Gasteiger partial charge in [0, 0.05) is 13.6 Å². The number of nitrogens with two attached hydrogens (primary N) is 1. The first-order valence-corrected chi connectivity index (χ1v) is 4.53. The molecule has 76 valence electrons. The van der Waals surface area contributed by atoms with Crippen LogP contribution in [0.5, 0.6) is 0 Å². The van der Waals surface area contributed by atoms with Crippen LogP contribution in [0.4, 0.5) is 5.95 Å². The molecule has 14 heavy (non-hydrogen) atoms. The van der Waals surface area contributed by atoms with Crippen LogP contribution in [0.15, 0.2) is 6.33 Å². The second kappa shape index (κ2) is 3.06. The molecule has 0 aliphatic heterocycles. The number of hydrogen-bond acceptors (Lipinski definition) is 4. The van der Waals surface area contributed by atoms with Crippen molar-refractivity contribution in [3.05, 3.63) is 6.33 Å². The summed E-state index contributed by atoms with van der Waals surface area (Å²) < 4.78 is 1.52. The molecule has 0 unspecified atom stereocenters.